The number of hydrogen-bond donors (Lipinski definition) is 1. The van der Waals surface area contributed by atoms with Gasteiger partial charge in [-0.2, -0.15) is 5.26 Å². The summed E-state index contributed by atoms with van der Waals surface area (Å²) in [5.74, 6) is 0.982. The van der Waals surface area contributed by atoms with Crippen molar-refractivity contribution >= 4 is 23.4 Å². The number of nitrogens with zero attached hydrogens (tertiary/aromatic N) is 2. The lowest BCUT2D eigenvalue weighted by Crippen LogP contribution is -2.33. The molecule has 0 bridgehead atoms. The molecule has 1 aromatic rings. The van der Waals surface area contributed by atoms with Crippen LogP contribution in [0.2, 0.25) is 5.02 Å². The number of thioether (sulfide) groups is 1. The molecule has 0 aliphatic rings. The van der Waals surface area contributed by atoms with Crippen molar-refractivity contribution in [3.8, 4) is 6.07 Å². The van der Waals surface area contributed by atoms with E-state index >= 15 is 0 Å². The summed E-state index contributed by atoms with van der Waals surface area (Å²) in [6, 6.07) is 5.85. The fourth-order valence-corrected chi connectivity index (χ4v) is 2.24. The van der Waals surface area contributed by atoms with Crippen molar-refractivity contribution in [2.45, 2.75) is 36.8 Å². The van der Waals surface area contributed by atoms with Gasteiger partial charge in [-0.1, -0.05) is 11.6 Å². The molecule has 92 valence electrons. The molecule has 0 aliphatic heterocycles. The van der Waals surface area contributed by atoms with Crippen LogP contribution in [-0.2, 0) is 0 Å². The molecule has 17 heavy (non-hydrogen) atoms. The Morgan fingerprint density at radius 1 is 1.53 bits per heavy atom. The topological polar surface area (TPSA) is 62.7 Å². The highest BCUT2D eigenvalue weighted by atomic mass is 35.5. The maximum absolute atomic E-state index is 8.75. The van der Waals surface area contributed by atoms with Crippen LogP contribution in [0.15, 0.2) is 23.4 Å². The van der Waals surface area contributed by atoms with Crippen LogP contribution >= 0.6 is 23.4 Å². The summed E-state index contributed by atoms with van der Waals surface area (Å²) in [5, 5.41) is 10.4. The van der Waals surface area contributed by atoms with Gasteiger partial charge in [0.1, 0.15) is 5.54 Å². The first kappa shape index (κ1) is 14.3. The summed E-state index contributed by atoms with van der Waals surface area (Å²) in [6.45, 7) is 1.76. The fourth-order valence-electron chi connectivity index (χ4n) is 1.27. The zero-order valence-electron chi connectivity index (χ0n) is 9.82. The smallest absolute Gasteiger partial charge is 0.101 e. The molecule has 5 heteroatoms. The third kappa shape index (κ3) is 5.92. The average molecular weight is 270 g/mol. The Hall–Kier alpha value is -0.760. The highest BCUT2D eigenvalue weighted by Crippen LogP contribution is 2.19. The lowest BCUT2D eigenvalue weighted by molar-refractivity contribution is 0.519. The lowest BCUT2D eigenvalue weighted by atomic mass is 9.99. The molecule has 1 aromatic heterocycles. The minimum Gasteiger partial charge on any atom is -0.314 e. The Kier molecular flexibility index (Phi) is 5.76. The molecule has 1 rings (SSSR count). The number of pyridine rings is 1. The van der Waals surface area contributed by atoms with Crippen LogP contribution in [0.3, 0.4) is 0 Å². The second-order valence-corrected chi connectivity index (χ2v) is 5.70. The summed E-state index contributed by atoms with van der Waals surface area (Å²) in [6.07, 6.45) is 4.37. The van der Waals surface area contributed by atoms with Crippen LogP contribution in [0.4, 0.5) is 0 Å². The molecule has 0 amide bonds. The van der Waals surface area contributed by atoms with E-state index in [1.165, 1.54) is 0 Å². The van der Waals surface area contributed by atoms with Crippen molar-refractivity contribution in [3.05, 3.63) is 23.4 Å². The largest absolute Gasteiger partial charge is 0.314 e. The second kappa shape index (κ2) is 6.85. The summed E-state index contributed by atoms with van der Waals surface area (Å²) >= 11 is 7.44. The van der Waals surface area contributed by atoms with Crippen LogP contribution < -0.4 is 5.73 Å². The molecule has 3 nitrogen and oxygen atoms in total. The molecule has 0 saturated heterocycles. The van der Waals surface area contributed by atoms with Crippen LogP contribution in [0, 0.1) is 11.3 Å². The molecular weight excluding hydrogens is 254 g/mol. The van der Waals surface area contributed by atoms with Gasteiger partial charge in [0.05, 0.1) is 16.1 Å². The summed E-state index contributed by atoms with van der Waals surface area (Å²) in [4.78, 5) is 4.19. The van der Waals surface area contributed by atoms with Crippen molar-refractivity contribution in [1.29, 1.82) is 5.26 Å². The van der Waals surface area contributed by atoms with Gasteiger partial charge in [-0.25, -0.2) is 4.98 Å². The Balaban J connectivity index is 2.17. The average Bonchev–Trinajstić information content (AvgIpc) is 2.31. The summed E-state index contributed by atoms with van der Waals surface area (Å²) in [7, 11) is 0. The fraction of sp³-hybridized carbons (Fsp3) is 0.500. The first-order valence-electron chi connectivity index (χ1n) is 5.48. The zero-order chi connectivity index (χ0) is 12.7. The van der Waals surface area contributed by atoms with E-state index in [2.05, 4.69) is 11.1 Å². The number of nitriles is 1. The maximum Gasteiger partial charge on any atom is 0.101 e. The van der Waals surface area contributed by atoms with Gasteiger partial charge in [-0.15, -0.1) is 11.8 Å². The molecular formula is C12H16ClN3S. The predicted octanol–water partition coefficient (Wildman–Crippen LogP) is 3.24. The maximum atomic E-state index is 8.75. The molecule has 1 unspecified atom stereocenters. The van der Waals surface area contributed by atoms with E-state index < -0.39 is 5.54 Å². The van der Waals surface area contributed by atoms with Gasteiger partial charge in [0.2, 0.25) is 0 Å². The second-order valence-electron chi connectivity index (χ2n) is 4.15. The third-order valence-corrected chi connectivity index (χ3v) is 3.55. The van der Waals surface area contributed by atoms with E-state index in [0.29, 0.717) is 5.02 Å². The van der Waals surface area contributed by atoms with E-state index in [1.54, 1.807) is 24.9 Å². The first-order valence-corrected chi connectivity index (χ1v) is 6.84. The SMILES string of the molecule is CC(N)(C#N)CCCCSc1ccc(Cl)cn1. The summed E-state index contributed by atoms with van der Waals surface area (Å²) < 4.78 is 0. The van der Waals surface area contributed by atoms with Crippen molar-refractivity contribution in [2.75, 3.05) is 5.75 Å². The lowest BCUT2D eigenvalue weighted by Gasteiger charge is -2.14. The number of halogens is 1. The molecule has 2 N–H and O–H groups in total. The van der Waals surface area contributed by atoms with Crippen molar-refractivity contribution in [2.24, 2.45) is 5.73 Å². The van der Waals surface area contributed by atoms with Gasteiger partial charge in [-0.05, 0) is 44.1 Å². The van der Waals surface area contributed by atoms with Crippen LogP contribution in [-0.4, -0.2) is 16.3 Å². The van der Waals surface area contributed by atoms with Crippen LogP contribution in [0.1, 0.15) is 26.2 Å². The molecule has 1 atom stereocenters. The van der Waals surface area contributed by atoms with E-state index in [1.807, 2.05) is 12.1 Å². The van der Waals surface area contributed by atoms with Crippen molar-refractivity contribution in [1.82, 2.24) is 4.98 Å². The van der Waals surface area contributed by atoms with Gasteiger partial charge < -0.3 is 5.73 Å². The quantitative estimate of drug-likeness (QED) is 0.636. The number of nitrogens with two attached hydrogens (primary N) is 1. The van der Waals surface area contributed by atoms with Crippen molar-refractivity contribution < 1.29 is 0 Å². The normalized spacial score (nSPS) is 14.0. The molecule has 1 heterocycles. The molecule has 0 fully saturated rings. The minimum absolute atomic E-state index is 0.655. The van der Waals surface area contributed by atoms with Crippen LogP contribution in [0.25, 0.3) is 0 Å². The predicted molar refractivity (Wildman–Crippen MR) is 72.0 cm³/mol. The van der Waals surface area contributed by atoms with Gasteiger partial charge in [-0.3, -0.25) is 0 Å². The van der Waals surface area contributed by atoms with Gasteiger partial charge in [0.25, 0.3) is 0 Å². The highest BCUT2D eigenvalue weighted by Gasteiger charge is 2.15. The molecule has 0 saturated carbocycles. The Bertz CT molecular complexity index is 384. The Labute approximate surface area is 111 Å². The molecule has 0 aliphatic carbocycles. The van der Waals surface area contributed by atoms with E-state index in [9.17, 15) is 0 Å². The molecule has 0 radical (unpaired) electrons. The Morgan fingerprint density at radius 2 is 2.29 bits per heavy atom. The first-order chi connectivity index (χ1) is 8.03. The Morgan fingerprint density at radius 3 is 2.88 bits per heavy atom. The molecule has 0 aromatic carbocycles. The highest BCUT2D eigenvalue weighted by molar-refractivity contribution is 7.99. The van der Waals surface area contributed by atoms with E-state index in [-0.39, 0.29) is 0 Å². The van der Waals surface area contributed by atoms with E-state index in [0.717, 1.165) is 30.0 Å². The number of rotatable bonds is 6. The molecule has 0 spiro atoms. The van der Waals surface area contributed by atoms with Gasteiger partial charge >= 0.3 is 0 Å². The number of hydrogen-bond acceptors (Lipinski definition) is 4. The van der Waals surface area contributed by atoms with Crippen LogP contribution in [0.5, 0.6) is 0 Å². The summed E-state index contributed by atoms with van der Waals surface area (Å²) in [5.41, 5.74) is 5.04. The standard InChI is InChI=1S/C12H16ClN3S/c1-12(15,9-14)6-2-3-7-17-11-5-4-10(13)8-16-11/h4-5,8H,2-3,6-7,15H2,1H3. The zero-order valence-corrected chi connectivity index (χ0v) is 11.4. The van der Waals surface area contributed by atoms with Gasteiger partial charge in [0.15, 0.2) is 0 Å². The van der Waals surface area contributed by atoms with Crippen molar-refractivity contribution in [3.63, 3.8) is 0 Å². The monoisotopic (exact) mass is 269 g/mol. The third-order valence-electron chi connectivity index (χ3n) is 2.30. The minimum atomic E-state index is -0.691. The number of aromatic nitrogens is 1. The number of unbranched alkanes of at least 4 members (excludes halogenated alkanes) is 1. The van der Waals surface area contributed by atoms with Gasteiger partial charge in [0, 0.05) is 6.20 Å². The van der Waals surface area contributed by atoms with E-state index in [4.69, 9.17) is 22.6 Å².